The van der Waals surface area contributed by atoms with Crippen molar-refractivity contribution in [2.24, 2.45) is 0 Å². The van der Waals surface area contributed by atoms with E-state index < -0.39 is 0 Å². The number of nitrogens with zero attached hydrogens (tertiary/aromatic N) is 2. The van der Waals surface area contributed by atoms with E-state index in [1.54, 1.807) is 12.1 Å². The van der Waals surface area contributed by atoms with Gasteiger partial charge in [0.25, 0.3) is 0 Å². The molecule has 106 valence electrons. The third-order valence-corrected chi connectivity index (χ3v) is 3.73. The lowest BCUT2D eigenvalue weighted by atomic mass is 10.0. The minimum Gasteiger partial charge on any atom is -0.228 e. The first-order valence-electron chi connectivity index (χ1n) is 6.78. The third-order valence-electron chi connectivity index (χ3n) is 3.44. The Hall–Kier alpha value is -2.00. The van der Waals surface area contributed by atoms with Crippen LogP contribution in [0.3, 0.4) is 0 Å². The van der Waals surface area contributed by atoms with Crippen molar-refractivity contribution < 1.29 is 4.39 Å². The van der Waals surface area contributed by atoms with Crippen molar-refractivity contribution in [2.45, 2.75) is 19.8 Å². The molecule has 0 amide bonds. The Bertz CT molecular complexity index is 798. The molecule has 0 radical (unpaired) electrons. The van der Waals surface area contributed by atoms with Crippen molar-refractivity contribution in [3.8, 4) is 11.4 Å². The molecular formula is C17H14ClFN2. The van der Waals surface area contributed by atoms with Gasteiger partial charge in [0, 0.05) is 10.9 Å². The highest BCUT2D eigenvalue weighted by atomic mass is 35.5. The van der Waals surface area contributed by atoms with Gasteiger partial charge in [-0.1, -0.05) is 31.5 Å². The number of benzene rings is 2. The van der Waals surface area contributed by atoms with E-state index in [0.29, 0.717) is 16.9 Å². The van der Waals surface area contributed by atoms with E-state index in [9.17, 15) is 4.39 Å². The molecule has 0 N–H and O–H groups in total. The van der Waals surface area contributed by atoms with Gasteiger partial charge in [0.1, 0.15) is 11.0 Å². The molecule has 4 heteroatoms. The summed E-state index contributed by atoms with van der Waals surface area (Å²) in [5, 5.41) is 1.26. The molecule has 0 bridgehead atoms. The van der Waals surface area contributed by atoms with Crippen LogP contribution in [0.4, 0.5) is 4.39 Å². The van der Waals surface area contributed by atoms with Crippen LogP contribution < -0.4 is 0 Å². The SMILES string of the molecule is CC(C)c1ccc2nc(-c3ccc(F)cc3)nc(Cl)c2c1. The van der Waals surface area contributed by atoms with Crippen LogP contribution in [0.2, 0.25) is 5.15 Å². The van der Waals surface area contributed by atoms with Crippen LogP contribution in [-0.2, 0) is 0 Å². The highest BCUT2D eigenvalue weighted by Gasteiger charge is 2.10. The van der Waals surface area contributed by atoms with Crippen molar-refractivity contribution in [1.82, 2.24) is 9.97 Å². The second-order valence-corrected chi connectivity index (χ2v) is 5.63. The van der Waals surface area contributed by atoms with Crippen LogP contribution in [-0.4, -0.2) is 9.97 Å². The summed E-state index contributed by atoms with van der Waals surface area (Å²) in [7, 11) is 0. The quantitative estimate of drug-likeness (QED) is 0.607. The minimum absolute atomic E-state index is 0.285. The van der Waals surface area contributed by atoms with Crippen molar-refractivity contribution in [1.29, 1.82) is 0 Å². The van der Waals surface area contributed by atoms with Gasteiger partial charge in [-0.25, -0.2) is 14.4 Å². The van der Waals surface area contributed by atoms with Gasteiger partial charge in [0.15, 0.2) is 5.82 Å². The lowest BCUT2D eigenvalue weighted by Crippen LogP contribution is -1.94. The third kappa shape index (κ3) is 2.74. The second-order valence-electron chi connectivity index (χ2n) is 5.28. The molecule has 1 aromatic heterocycles. The molecule has 3 rings (SSSR count). The highest BCUT2D eigenvalue weighted by molar-refractivity contribution is 6.34. The summed E-state index contributed by atoms with van der Waals surface area (Å²) in [6, 6.07) is 12.1. The van der Waals surface area contributed by atoms with Crippen LogP contribution in [0.25, 0.3) is 22.3 Å². The smallest absolute Gasteiger partial charge is 0.161 e. The Labute approximate surface area is 127 Å². The van der Waals surface area contributed by atoms with Gasteiger partial charge >= 0.3 is 0 Å². The average Bonchev–Trinajstić information content (AvgIpc) is 2.47. The van der Waals surface area contributed by atoms with Crippen molar-refractivity contribution in [3.05, 3.63) is 59.0 Å². The first-order valence-corrected chi connectivity index (χ1v) is 7.15. The first kappa shape index (κ1) is 14.0. The van der Waals surface area contributed by atoms with Crippen molar-refractivity contribution in [2.75, 3.05) is 0 Å². The molecule has 0 saturated heterocycles. The number of rotatable bonds is 2. The molecule has 0 fully saturated rings. The van der Waals surface area contributed by atoms with E-state index in [-0.39, 0.29) is 5.82 Å². The van der Waals surface area contributed by atoms with Crippen LogP contribution in [0.15, 0.2) is 42.5 Å². The predicted octanol–water partition coefficient (Wildman–Crippen LogP) is 5.21. The van der Waals surface area contributed by atoms with Crippen LogP contribution in [0, 0.1) is 5.82 Å². The molecule has 0 saturated carbocycles. The second kappa shape index (κ2) is 5.41. The Balaban J connectivity index is 2.15. The maximum Gasteiger partial charge on any atom is 0.161 e. The standard InChI is InChI=1S/C17H14ClFN2/c1-10(2)12-5-8-15-14(9-12)16(18)21-17(20-15)11-3-6-13(19)7-4-11/h3-10H,1-2H3. The van der Waals surface area contributed by atoms with Crippen LogP contribution >= 0.6 is 11.6 Å². The van der Waals surface area contributed by atoms with E-state index in [1.165, 1.54) is 17.7 Å². The molecule has 0 aliphatic carbocycles. The molecule has 2 nitrogen and oxygen atoms in total. The summed E-state index contributed by atoms with van der Waals surface area (Å²) in [5.41, 5.74) is 2.73. The number of hydrogen-bond donors (Lipinski definition) is 0. The van der Waals surface area contributed by atoms with Gasteiger partial charge in [0.05, 0.1) is 5.52 Å². The van der Waals surface area contributed by atoms with E-state index in [1.807, 2.05) is 18.2 Å². The largest absolute Gasteiger partial charge is 0.228 e. The van der Waals surface area contributed by atoms with Gasteiger partial charge in [-0.2, -0.15) is 0 Å². The van der Waals surface area contributed by atoms with Crippen molar-refractivity contribution in [3.63, 3.8) is 0 Å². The number of hydrogen-bond acceptors (Lipinski definition) is 2. The topological polar surface area (TPSA) is 25.8 Å². The molecule has 0 unspecified atom stereocenters. The van der Waals surface area contributed by atoms with Crippen LogP contribution in [0.5, 0.6) is 0 Å². The van der Waals surface area contributed by atoms with E-state index >= 15 is 0 Å². The minimum atomic E-state index is -0.285. The summed E-state index contributed by atoms with van der Waals surface area (Å²) < 4.78 is 13.0. The van der Waals surface area contributed by atoms with Gasteiger partial charge in [-0.3, -0.25) is 0 Å². The number of halogens is 2. The fraction of sp³-hybridized carbons (Fsp3) is 0.176. The lowest BCUT2D eigenvalue weighted by Gasteiger charge is -2.09. The summed E-state index contributed by atoms with van der Waals surface area (Å²) >= 11 is 6.29. The molecule has 0 spiro atoms. The highest BCUT2D eigenvalue weighted by Crippen LogP contribution is 2.27. The summed E-state index contributed by atoms with van der Waals surface area (Å²) in [6.45, 7) is 4.26. The molecule has 21 heavy (non-hydrogen) atoms. The average molecular weight is 301 g/mol. The number of fused-ring (bicyclic) bond motifs is 1. The Kier molecular flexibility index (Phi) is 3.60. The maximum absolute atomic E-state index is 13.0. The molecule has 1 heterocycles. The monoisotopic (exact) mass is 300 g/mol. The predicted molar refractivity (Wildman–Crippen MR) is 84.0 cm³/mol. The first-order chi connectivity index (χ1) is 10.0. The summed E-state index contributed by atoms with van der Waals surface area (Å²) in [5.74, 6) is 0.638. The van der Waals surface area contributed by atoms with E-state index in [2.05, 4.69) is 23.8 Å². The molecule has 3 aromatic rings. The Morgan fingerprint density at radius 1 is 1.00 bits per heavy atom. The zero-order chi connectivity index (χ0) is 15.0. The Morgan fingerprint density at radius 2 is 1.71 bits per heavy atom. The van der Waals surface area contributed by atoms with Gasteiger partial charge in [-0.15, -0.1) is 0 Å². The van der Waals surface area contributed by atoms with Gasteiger partial charge in [-0.05, 0) is 47.9 Å². The molecular weight excluding hydrogens is 287 g/mol. The Morgan fingerprint density at radius 3 is 2.38 bits per heavy atom. The van der Waals surface area contributed by atoms with E-state index in [4.69, 9.17) is 11.6 Å². The lowest BCUT2D eigenvalue weighted by molar-refractivity contribution is 0.628. The van der Waals surface area contributed by atoms with Crippen molar-refractivity contribution >= 4 is 22.5 Å². The molecule has 2 aromatic carbocycles. The molecule has 0 aliphatic heterocycles. The molecule has 0 atom stereocenters. The zero-order valence-corrected chi connectivity index (χ0v) is 12.5. The maximum atomic E-state index is 13.0. The fourth-order valence-corrected chi connectivity index (χ4v) is 2.43. The van der Waals surface area contributed by atoms with Crippen LogP contribution in [0.1, 0.15) is 25.3 Å². The number of aromatic nitrogens is 2. The fourth-order valence-electron chi connectivity index (χ4n) is 2.20. The molecule has 0 aliphatic rings. The van der Waals surface area contributed by atoms with E-state index in [0.717, 1.165) is 16.5 Å². The van der Waals surface area contributed by atoms with Gasteiger partial charge in [0.2, 0.25) is 0 Å². The summed E-state index contributed by atoms with van der Waals surface area (Å²) in [6.07, 6.45) is 0. The van der Waals surface area contributed by atoms with Gasteiger partial charge < -0.3 is 0 Å². The summed E-state index contributed by atoms with van der Waals surface area (Å²) in [4.78, 5) is 8.85. The normalized spacial score (nSPS) is 11.3. The zero-order valence-electron chi connectivity index (χ0n) is 11.8.